The van der Waals surface area contributed by atoms with Crippen LogP contribution in [-0.4, -0.2) is 31.4 Å². The molecule has 1 fully saturated rings. The number of para-hydroxylation sites is 1. The van der Waals surface area contributed by atoms with Gasteiger partial charge in [-0.1, -0.05) is 24.3 Å². The third-order valence-corrected chi connectivity index (χ3v) is 5.55. The summed E-state index contributed by atoms with van der Waals surface area (Å²) in [7, 11) is 1.66. The van der Waals surface area contributed by atoms with E-state index in [1.54, 1.807) is 7.11 Å². The van der Waals surface area contributed by atoms with Crippen LogP contribution in [-0.2, 0) is 6.54 Å². The first-order chi connectivity index (χ1) is 13.6. The number of ether oxygens (including phenoxy) is 1. The lowest BCUT2D eigenvalue weighted by Crippen LogP contribution is -2.35. The lowest BCUT2D eigenvalue weighted by molar-refractivity contribution is 0.145. The zero-order chi connectivity index (χ0) is 19.5. The molecule has 2 heterocycles. The predicted molar refractivity (Wildman–Crippen MR) is 112 cm³/mol. The van der Waals surface area contributed by atoms with Crippen molar-refractivity contribution in [1.29, 1.82) is 0 Å². The Labute approximate surface area is 165 Å². The molecule has 0 spiro atoms. The standard InChI is InChI=1S/C23H28N2O3/c1-16(22-14-18-4-3-5-21(27-2)23(18)28-22)24-15-17-6-8-19(9-7-17)25-12-10-20(26)11-13-25/h3-9,14,16,20,24,26H,10-13,15H2,1-2H3. The minimum Gasteiger partial charge on any atom is -0.493 e. The van der Waals surface area contributed by atoms with E-state index in [2.05, 4.69) is 47.5 Å². The molecule has 28 heavy (non-hydrogen) atoms. The van der Waals surface area contributed by atoms with E-state index >= 15 is 0 Å². The van der Waals surface area contributed by atoms with Gasteiger partial charge in [-0.2, -0.15) is 0 Å². The summed E-state index contributed by atoms with van der Waals surface area (Å²) in [4.78, 5) is 2.34. The van der Waals surface area contributed by atoms with Gasteiger partial charge in [-0.15, -0.1) is 0 Å². The Morgan fingerprint density at radius 2 is 1.93 bits per heavy atom. The van der Waals surface area contributed by atoms with Crippen molar-refractivity contribution < 1.29 is 14.3 Å². The number of benzene rings is 2. The van der Waals surface area contributed by atoms with Gasteiger partial charge in [0.15, 0.2) is 11.3 Å². The minimum absolute atomic E-state index is 0.0976. The molecular weight excluding hydrogens is 352 g/mol. The summed E-state index contributed by atoms with van der Waals surface area (Å²) in [6, 6.07) is 16.8. The third kappa shape index (κ3) is 4.01. The zero-order valence-electron chi connectivity index (χ0n) is 16.5. The number of hydrogen-bond acceptors (Lipinski definition) is 5. The number of anilines is 1. The second-order valence-corrected chi connectivity index (χ2v) is 7.51. The van der Waals surface area contributed by atoms with E-state index in [4.69, 9.17) is 9.15 Å². The number of nitrogens with one attached hydrogen (secondary N) is 1. The van der Waals surface area contributed by atoms with Crippen LogP contribution in [0.4, 0.5) is 5.69 Å². The number of furan rings is 1. The highest BCUT2D eigenvalue weighted by atomic mass is 16.5. The fourth-order valence-electron chi connectivity index (χ4n) is 3.75. The molecule has 1 atom stereocenters. The summed E-state index contributed by atoms with van der Waals surface area (Å²) in [5, 5.41) is 14.3. The minimum atomic E-state index is -0.139. The van der Waals surface area contributed by atoms with Crippen LogP contribution in [0.5, 0.6) is 5.75 Å². The van der Waals surface area contributed by atoms with Crippen molar-refractivity contribution in [2.75, 3.05) is 25.1 Å². The average Bonchev–Trinajstić information content (AvgIpc) is 3.17. The molecule has 0 bridgehead atoms. The number of methoxy groups -OCH3 is 1. The highest BCUT2D eigenvalue weighted by Gasteiger charge is 2.17. The smallest absolute Gasteiger partial charge is 0.176 e. The van der Waals surface area contributed by atoms with Crippen molar-refractivity contribution in [3.63, 3.8) is 0 Å². The maximum absolute atomic E-state index is 9.66. The number of aliphatic hydroxyl groups excluding tert-OH is 1. The Balaban J connectivity index is 1.37. The number of nitrogens with zero attached hydrogens (tertiary/aromatic N) is 1. The summed E-state index contributed by atoms with van der Waals surface area (Å²) in [5.74, 6) is 1.67. The summed E-state index contributed by atoms with van der Waals surface area (Å²) in [6.45, 7) is 4.72. The molecule has 0 amide bonds. The van der Waals surface area contributed by atoms with Crippen molar-refractivity contribution in [3.05, 3.63) is 59.9 Å². The van der Waals surface area contributed by atoms with Crippen LogP contribution in [0, 0.1) is 0 Å². The first-order valence-corrected chi connectivity index (χ1v) is 9.96. The van der Waals surface area contributed by atoms with Gasteiger partial charge in [0, 0.05) is 30.7 Å². The van der Waals surface area contributed by atoms with Crippen LogP contribution in [0.25, 0.3) is 11.0 Å². The van der Waals surface area contributed by atoms with E-state index in [1.165, 1.54) is 11.3 Å². The van der Waals surface area contributed by atoms with E-state index in [-0.39, 0.29) is 12.1 Å². The third-order valence-electron chi connectivity index (χ3n) is 5.55. The van der Waals surface area contributed by atoms with Gasteiger partial charge in [-0.05, 0) is 49.6 Å². The van der Waals surface area contributed by atoms with Crippen LogP contribution in [0.2, 0.25) is 0 Å². The number of piperidine rings is 1. The normalized spacial score (nSPS) is 16.5. The maximum atomic E-state index is 9.66. The molecule has 0 radical (unpaired) electrons. The Kier molecular flexibility index (Phi) is 5.55. The summed E-state index contributed by atoms with van der Waals surface area (Å²) in [6.07, 6.45) is 1.56. The molecule has 1 aliphatic rings. The molecule has 4 rings (SSSR count). The summed E-state index contributed by atoms with van der Waals surface area (Å²) in [5.41, 5.74) is 3.26. The molecule has 0 saturated carbocycles. The second kappa shape index (κ2) is 8.25. The highest BCUT2D eigenvalue weighted by molar-refractivity contribution is 5.83. The van der Waals surface area contributed by atoms with Crippen molar-refractivity contribution >= 4 is 16.7 Å². The number of fused-ring (bicyclic) bond motifs is 1. The van der Waals surface area contributed by atoms with E-state index in [1.807, 2.05) is 18.2 Å². The first-order valence-electron chi connectivity index (χ1n) is 9.96. The van der Waals surface area contributed by atoms with Crippen molar-refractivity contribution in [3.8, 4) is 5.75 Å². The van der Waals surface area contributed by atoms with Gasteiger partial charge in [0.25, 0.3) is 0 Å². The molecule has 2 aromatic carbocycles. The van der Waals surface area contributed by atoms with Gasteiger partial charge < -0.3 is 24.5 Å². The summed E-state index contributed by atoms with van der Waals surface area (Å²) < 4.78 is 11.4. The molecule has 5 heteroatoms. The van der Waals surface area contributed by atoms with E-state index in [9.17, 15) is 5.11 Å². The fraction of sp³-hybridized carbons (Fsp3) is 0.391. The lowest BCUT2D eigenvalue weighted by Gasteiger charge is -2.31. The fourth-order valence-corrected chi connectivity index (χ4v) is 3.75. The molecule has 148 valence electrons. The molecule has 2 N–H and O–H groups in total. The monoisotopic (exact) mass is 380 g/mol. The number of rotatable bonds is 6. The van der Waals surface area contributed by atoms with Crippen LogP contribution < -0.4 is 15.0 Å². The van der Waals surface area contributed by atoms with Gasteiger partial charge in [-0.3, -0.25) is 0 Å². The van der Waals surface area contributed by atoms with E-state index in [0.717, 1.165) is 55.0 Å². The predicted octanol–water partition coefficient (Wildman–Crippen LogP) is 4.25. The van der Waals surface area contributed by atoms with Crippen molar-refractivity contribution in [1.82, 2.24) is 5.32 Å². The zero-order valence-corrected chi connectivity index (χ0v) is 16.5. The topological polar surface area (TPSA) is 57.9 Å². The molecule has 3 aromatic rings. The molecular formula is C23H28N2O3. The van der Waals surface area contributed by atoms with Gasteiger partial charge in [0.1, 0.15) is 5.76 Å². The Morgan fingerprint density at radius 1 is 1.18 bits per heavy atom. The number of aliphatic hydroxyl groups is 1. The lowest BCUT2D eigenvalue weighted by atomic mass is 10.1. The maximum Gasteiger partial charge on any atom is 0.176 e. The van der Waals surface area contributed by atoms with Gasteiger partial charge >= 0.3 is 0 Å². The second-order valence-electron chi connectivity index (χ2n) is 7.51. The molecule has 5 nitrogen and oxygen atoms in total. The SMILES string of the molecule is COc1cccc2cc(C(C)NCc3ccc(N4CCC(O)CC4)cc3)oc12. The Hall–Kier alpha value is -2.50. The Bertz CT molecular complexity index is 911. The first kappa shape index (κ1) is 18.8. The highest BCUT2D eigenvalue weighted by Crippen LogP contribution is 2.31. The van der Waals surface area contributed by atoms with E-state index in [0.29, 0.717) is 0 Å². The largest absolute Gasteiger partial charge is 0.493 e. The van der Waals surface area contributed by atoms with Crippen LogP contribution >= 0.6 is 0 Å². The average molecular weight is 380 g/mol. The quantitative estimate of drug-likeness (QED) is 0.669. The summed E-state index contributed by atoms with van der Waals surface area (Å²) >= 11 is 0. The van der Waals surface area contributed by atoms with E-state index < -0.39 is 0 Å². The van der Waals surface area contributed by atoms with Crippen LogP contribution in [0.1, 0.15) is 37.1 Å². The molecule has 1 aromatic heterocycles. The van der Waals surface area contributed by atoms with Gasteiger partial charge in [-0.25, -0.2) is 0 Å². The van der Waals surface area contributed by atoms with Crippen molar-refractivity contribution in [2.24, 2.45) is 0 Å². The van der Waals surface area contributed by atoms with Crippen LogP contribution in [0.15, 0.2) is 52.9 Å². The number of hydrogen-bond donors (Lipinski definition) is 2. The van der Waals surface area contributed by atoms with Crippen LogP contribution in [0.3, 0.4) is 0 Å². The molecule has 1 unspecified atom stereocenters. The van der Waals surface area contributed by atoms with Gasteiger partial charge in [0.2, 0.25) is 0 Å². The molecule has 0 aliphatic carbocycles. The molecule has 1 saturated heterocycles. The molecule has 1 aliphatic heterocycles. The Morgan fingerprint density at radius 3 is 2.64 bits per heavy atom. The van der Waals surface area contributed by atoms with Crippen molar-refractivity contribution in [2.45, 2.75) is 38.5 Å². The van der Waals surface area contributed by atoms with Gasteiger partial charge in [0.05, 0.1) is 19.3 Å².